The van der Waals surface area contributed by atoms with Crippen molar-refractivity contribution in [3.05, 3.63) is 72.0 Å². The lowest BCUT2D eigenvalue weighted by molar-refractivity contribution is 0.0960. The van der Waals surface area contributed by atoms with Crippen LogP contribution in [0, 0.1) is 11.7 Å². The molecule has 0 fully saturated rings. The SMILES string of the molecule is CNC(=O)c1c(F)cnc2c(C(C)C(C)CNc3cc(-c4cnc(C(C)C)nc4)ncn3)cccc12. The van der Waals surface area contributed by atoms with Crippen LogP contribution in [0.5, 0.6) is 0 Å². The number of hydrogen-bond donors (Lipinski definition) is 2. The molecule has 0 radical (unpaired) electrons. The van der Waals surface area contributed by atoms with Crippen molar-refractivity contribution in [1.29, 1.82) is 0 Å². The van der Waals surface area contributed by atoms with Gasteiger partial charge in [-0.25, -0.2) is 24.3 Å². The number of fused-ring (bicyclic) bond motifs is 1. The first-order chi connectivity index (χ1) is 17.3. The monoisotopic (exact) mass is 487 g/mol. The van der Waals surface area contributed by atoms with Gasteiger partial charge in [-0.2, -0.15) is 0 Å². The second-order valence-electron chi connectivity index (χ2n) is 9.22. The summed E-state index contributed by atoms with van der Waals surface area (Å²) in [7, 11) is 1.49. The quantitative estimate of drug-likeness (QED) is 0.362. The van der Waals surface area contributed by atoms with Gasteiger partial charge in [0.15, 0.2) is 5.82 Å². The van der Waals surface area contributed by atoms with Gasteiger partial charge in [0.25, 0.3) is 5.91 Å². The molecule has 0 aliphatic heterocycles. The lowest BCUT2D eigenvalue weighted by Gasteiger charge is -2.22. The van der Waals surface area contributed by atoms with E-state index in [0.29, 0.717) is 23.3 Å². The van der Waals surface area contributed by atoms with Crippen LogP contribution in [0.3, 0.4) is 0 Å². The summed E-state index contributed by atoms with van der Waals surface area (Å²) in [5.74, 6) is 0.909. The van der Waals surface area contributed by atoms with Crippen molar-refractivity contribution in [3.63, 3.8) is 0 Å². The van der Waals surface area contributed by atoms with Crippen molar-refractivity contribution in [2.75, 3.05) is 18.9 Å². The van der Waals surface area contributed by atoms with E-state index >= 15 is 0 Å². The fourth-order valence-corrected chi connectivity index (χ4v) is 4.07. The number of carbonyl (C=O) groups excluding carboxylic acids is 1. The van der Waals surface area contributed by atoms with Crippen molar-refractivity contribution in [2.45, 2.75) is 39.5 Å². The lowest BCUT2D eigenvalue weighted by Crippen LogP contribution is -2.21. The molecule has 0 saturated heterocycles. The smallest absolute Gasteiger partial charge is 0.254 e. The molecule has 0 aliphatic carbocycles. The van der Waals surface area contributed by atoms with E-state index in [1.54, 1.807) is 18.5 Å². The third kappa shape index (κ3) is 5.15. The van der Waals surface area contributed by atoms with Crippen molar-refractivity contribution >= 4 is 22.6 Å². The van der Waals surface area contributed by atoms with Crippen LogP contribution >= 0.6 is 0 Å². The predicted octanol–water partition coefficient (Wildman–Crippen LogP) is 4.96. The van der Waals surface area contributed by atoms with Crippen LogP contribution in [-0.4, -0.2) is 44.4 Å². The van der Waals surface area contributed by atoms with Gasteiger partial charge in [0.1, 0.15) is 18.0 Å². The standard InChI is InChI=1S/C27H30FN7O/c1-15(2)26-32-11-18(12-33-26)22-9-23(35-14-34-22)30-10-16(3)17(4)19-7-6-8-20-24(27(36)29-5)21(28)13-31-25(19)20/h6-9,11-17H,10H2,1-5H3,(H,29,36)(H,30,34,35). The average Bonchev–Trinajstić information content (AvgIpc) is 2.90. The number of pyridine rings is 1. The zero-order chi connectivity index (χ0) is 25.8. The van der Waals surface area contributed by atoms with Gasteiger partial charge in [-0.1, -0.05) is 45.9 Å². The number of nitrogens with zero attached hydrogens (tertiary/aromatic N) is 5. The molecule has 186 valence electrons. The van der Waals surface area contributed by atoms with Crippen LogP contribution in [0.15, 0.2) is 49.2 Å². The number of hydrogen-bond acceptors (Lipinski definition) is 7. The molecular formula is C27H30FN7O. The lowest BCUT2D eigenvalue weighted by atomic mass is 9.87. The first-order valence-corrected chi connectivity index (χ1v) is 12.0. The van der Waals surface area contributed by atoms with Crippen LogP contribution in [0.2, 0.25) is 0 Å². The maximum Gasteiger partial charge on any atom is 0.254 e. The highest BCUT2D eigenvalue weighted by Crippen LogP contribution is 2.32. The van der Waals surface area contributed by atoms with Crippen LogP contribution in [0.25, 0.3) is 22.2 Å². The zero-order valence-corrected chi connectivity index (χ0v) is 21.1. The normalized spacial score (nSPS) is 13.0. The zero-order valence-electron chi connectivity index (χ0n) is 21.1. The number of nitrogens with one attached hydrogen (secondary N) is 2. The summed E-state index contributed by atoms with van der Waals surface area (Å²) in [5, 5.41) is 6.41. The Balaban J connectivity index is 1.51. The highest BCUT2D eigenvalue weighted by atomic mass is 19.1. The van der Waals surface area contributed by atoms with Crippen LogP contribution in [0.4, 0.5) is 10.2 Å². The Labute approximate surface area is 209 Å². The highest BCUT2D eigenvalue weighted by molar-refractivity contribution is 6.06. The number of para-hydroxylation sites is 1. The number of anilines is 1. The van der Waals surface area contributed by atoms with Crippen molar-refractivity contribution in [1.82, 2.24) is 30.2 Å². The van der Waals surface area contributed by atoms with E-state index in [-0.39, 0.29) is 23.3 Å². The maximum absolute atomic E-state index is 14.4. The van der Waals surface area contributed by atoms with Crippen molar-refractivity contribution < 1.29 is 9.18 Å². The van der Waals surface area contributed by atoms with Gasteiger partial charge in [0.05, 0.1) is 23.0 Å². The second-order valence-corrected chi connectivity index (χ2v) is 9.22. The Bertz CT molecular complexity index is 1370. The molecule has 8 nitrogen and oxygen atoms in total. The molecule has 0 bridgehead atoms. The minimum absolute atomic E-state index is 0.0150. The van der Waals surface area contributed by atoms with Crippen LogP contribution in [0.1, 0.15) is 61.3 Å². The van der Waals surface area contributed by atoms with E-state index in [0.717, 1.165) is 28.8 Å². The predicted molar refractivity (Wildman–Crippen MR) is 138 cm³/mol. The number of amides is 1. The molecule has 3 heterocycles. The molecule has 2 N–H and O–H groups in total. The second kappa shape index (κ2) is 10.7. The van der Waals surface area contributed by atoms with Gasteiger partial charge in [-0.05, 0) is 17.4 Å². The van der Waals surface area contributed by atoms with E-state index in [9.17, 15) is 9.18 Å². The Hall–Kier alpha value is -4.01. The molecule has 1 amide bonds. The third-order valence-electron chi connectivity index (χ3n) is 6.44. The van der Waals surface area contributed by atoms with Crippen LogP contribution < -0.4 is 10.6 Å². The molecule has 0 saturated carbocycles. The molecule has 4 rings (SSSR count). The van der Waals surface area contributed by atoms with Gasteiger partial charge in [0.2, 0.25) is 0 Å². The molecule has 2 atom stereocenters. The van der Waals surface area contributed by atoms with Gasteiger partial charge in [-0.15, -0.1) is 0 Å². The number of rotatable bonds is 8. The van der Waals surface area contributed by atoms with Gasteiger partial charge in [-0.3, -0.25) is 9.78 Å². The number of benzene rings is 1. The number of aromatic nitrogens is 5. The van der Waals surface area contributed by atoms with Gasteiger partial charge < -0.3 is 10.6 Å². The Morgan fingerprint density at radius 3 is 2.44 bits per heavy atom. The molecule has 0 aliphatic rings. The Morgan fingerprint density at radius 1 is 1.00 bits per heavy atom. The third-order valence-corrected chi connectivity index (χ3v) is 6.44. The van der Waals surface area contributed by atoms with E-state index in [2.05, 4.69) is 63.2 Å². The molecule has 9 heteroatoms. The molecule has 1 aromatic carbocycles. The van der Waals surface area contributed by atoms with E-state index in [1.165, 1.54) is 13.4 Å². The first-order valence-electron chi connectivity index (χ1n) is 12.0. The van der Waals surface area contributed by atoms with Gasteiger partial charge in [0, 0.05) is 48.9 Å². The van der Waals surface area contributed by atoms with Crippen LogP contribution in [-0.2, 0) is 0 Å². The summed E-state index contributed by atoms with van der Waals surface area (Å²) >= 11 is 0. The fourth-order valence-electron chi connectivity index (χ4n) is 4.07. The van der Waals surface area contributed by atoms with Crippen molar-refractivity contribution in [2.24, 2.45) is 5.92 Å². The average molecular weight is 488 g/mol. The molecular weight excluding hydrogens is 457 g/mol. The molecule has 2 unspecified atom stereocenters. The fraction of sp³-hybridized carbons (Fsp3) is 0.333. The summed E-state index contributed by atoms with van der Waals surface area (Å²) in [6.45, 7) is 8.97. The van der Waals surface area contributed by atoms with E-state index in [1.807, 2.05) is 18.2 Å². The number of carbonyl (C=O) groups is 1. The summed E-state index contributed by atoms with van der Waals surface area (Å²) < 4.78 is 14.4. The largest absolute Gasteiger partial charge is 0.370 e. The highest BCUT2D eigenvalue weighted by Gasteiger charge is 2.22. The topological polar surface area (TPSA) is 106 Å². The summed E-state index contributed by atoms with van der Waals surface area (Å²) in [6.07, 6.45) is 6.20. The van der Waals surface area contributed by atoms with E-state index < -0.39 is 11.7 Å². The first kappa shape index (κ1) is 25.1. The minimum atomic E-state index is -0.634. The Kier molecular flexibility index (Phi) is 7.47. The van der Waals surface area contributed by atoms with Gasteiger partial charge >= 0.3 is 0 Å². The Morgan fingerprint density at radius 2 is 1.75 bits per heavy atom. The molecule has 0 spiro atoms. The van der Waals surface area contributed by atoms with E-state index in [4.69, 9.17) is 0 Å². The number of halogens is 1. The summed E-state index contributed by atoms with van der Waals surface area (Å²) in [4.78, 5) is 34.2. The maximum atomic E-state index is 14.4. The van der Waals surface area contributed by atoms with Crippen molar-refractivity contribution in [3.8, 4) is 11.3 Å². The molecule has 4 aromatic rings. The molecule has 36 heavy (non-hydrogen) atoms. The molecule has 3 aromatic heterocycles. The minimum Gasteiger partial charge on any atom is -0.370 e. The summed E-state index contributed by atoms with van der Waals surface area (Å²) in [5.41, 5.74) is 3.17. The summed E-state index contributed by atoms with van der Waals surface area (Å²) in [6, 6.07) is 7.43.